The second-order valence-corrected chi connectivity index (χ2v) is 1.81. The summed E-state index contributed by atoms with van der Waals surface area (Å²) in [6.07, 6.45) is 0.972. The lowest BCUT2D eigenvalue weighted by atomic mass is 10.5. The number of hydrogen-bond donors (Lipinski definition) is 0. The molecule has 0 aromatic rings. The van der Waals surface area contributed by atoms with Crippen LogP contribution in [0.4, 0.5) is 0 Å². The number of nitrogens with zero attached hydrogens (tertiary/aromatic N) is 1. The van der Waals surface area contributed by atoms with E-state index in [4.69, 9.17) is 4.84 Å². The Bertz CT molecular complexity index is 96.6. The Hall–Kier alpha value is -0.570. The van der Waals surface area contributed by atoms with Crippen LogP contribution in [-0.4, -0.2) is 24.1 Å². The molecule has 0 unspecified atom stereocenters. The van der Waals surface area contributed by atoms with E-state index < -0.39 is 0 Å². The van der Waals surface area contributed by atoms with Gasteiger partial charge in [0.05, 0.1) is 13.2 Å². The fraction of sp³-hybridized carbons (Fsp3) is 0.800. The van der Waals surface area contributed by atoms with Crippen molar-refractivity contribution in [2.75, 3.05) is 13.2 Å². The first-order valence-corrected chi connectivity index (χ1v) is 2.72. The summed E-state index contributed by atoms with van der Waals surface area (Å²) < 4.78 is 0. The van der Waals surface area contributed by atoms with Crippen molar-refractivity contribution in [2.45, 2.75) is 13.3 Å². The molecule has 0 aromatic carbocycles. The molecule has 1 aliphatic heterocycles. The Morgan fingerprint density at radius 3 is 2.75 bits per heavy atom. The highest BCUT2D eigenvalue weighted by Crippen LogP contribution is 2.02. The van der Waals surface area contributed by atoms with Gasteiger partial charge < -0.3 is 0 Å². The van der Waals surface area contributed by atoms with Crippen LogP contribution >= 0.6 is 0 Å². The van der Waals surface area contributed by atoms with Crippen molar-refractivity contribution >= 4 is 5.91 Å². The maximum absolute atomic E-state index is 10.4. The third-order valence-corrected chi connectivity index (χ3v) is 1.10. The van der Waals surface area contributed by atoms with E-state index in [0.717, 1.165) is 13.0 Å². The fourth-order valence-electron chi connectivity index (χ4n) is 0.696. The van der Waals surface area contributed by atoms with Gasteiger partial charge in [-0.05, 0) is 6.42 Å². The number of hydrogen-bond acceptors (Lipinski definition) is 2. The van der Waals surface area contributed by atoms with Gasteiger partial charge in [0.1, 0.15) is 0 Å². The zero-order valence-corrected chi connectivity index (χ0v) is 4.89. The third kappa shape index (κ3) is 0.980. The summed E-state index contributed by atoms with van der Waals surface area (Å²) >= 11 is 0. The Kier molecular flexibility index (Phi) is 1.48. The van der Waals surface area contributed by atoms with Gasteiger partial charge in [-0.15, -0.1) is 0 Å². The van der Waals surface area contributed by atoms with Crippen molar-refractivity contribution < 1.29 is 9.63 Å². The van der Waals surface area contributed by atoms with Crippen LogP contribution in [0.25, 0.3) is 0 Å². The van der Waals surface area contributed by atoms with Gasteiger partial charge in [0.2, 0.25) is 5.91 Å². The maximum Gasteiger partial charge on any atom is 0.242 e. The van der Waals surface area contributed by atoms with Gasteiger partial charge >= 0.3 is 0 Å². The molecule has 0 bridgehead atoms. The normalized spacial score (nSPS) is 19.4. The Balaban J connectivity index is 2.35. The summed E-state index contributed by atoms with van der Waals surface area (Å²) in [5, 5.41) is 1.39. The molecule has 8 heavy (non-hydrogen) atoms. The minimum absolute atomic E-state index is 0.00231. The predicted octanol–water partition coefficient (Wildman–Crippen LogP) is 0.170. The molecule has 3 heteroatoms. The lowest BCUT2D eigenvalue weighted by molar-refractivity contribution is -0.166. The smallest absolute Gasteiger partial charge is 0.242 e. The van der Waals surface area contributed by atoms with E-state index in [-0.39, 0.29) is 5.91 Å². The lowest BCUT2D eigenvalue weighted by Gasteiger charge is -2.08. The molecular formula is C5H9NO2. The van der Waals surface area contributed by atoms with E-state index in [9.17, 15) is 4.79 Å². The molecule has 3 nitrogen and oxygen atoms in total. The van der Waals surface area contributed by atoms with E-state index >= 15 is 0 Å². The number of amides is 1. The van der Waals surface area contributed by atoms with Crippen LogP contribution in [-0.2, 0) is 9.63 Å². The van der Waals surface area contributed by atoms with Gasteiger partial charge in [-0.1, -0.05) is 0 Å². The average Bonchev–Trinajstić information content (AvgIpc) is 2.12. The van der Waals surface area contributed by atoms with Crippen molar-refractivity contribution in [1.29, 1.82) is 0 Å². The van der Waals surface area contributed by atoms with Crippen molar-refractivity contribution in [3.8, 4) is 0 Å². The van der Waals surface area contributed by atoms with Gasteiger partial charge in [-0.25, -0.2) is 5.06 Å². The zero-order valence-electron chi connectivity index (χ0n) is 4.89. The first kappa shape index (κ1) is 5.56. The van der Waals surface area contributed by atoms with E-state index in [1.165, 1.54) is 12.0 Å². The summed E-state index contributed by atoms with van der Waals surface area (Å²) in [4.78, 5) is 15.3. The Labute approximate surface area is 48.2 Å². The summed E-state index contributed by atoms with van der Waals surface area (Å²) in [7, 11) is 0. The summed E-state index contributed by atoms with van der Waals surface area (Å²) in [5.74, 6) is 0.00231. The second kappa shape index (κ2) is 2.13. The molecule has 0 N–H and O–H groups in total. The zero-order chi connectivity index (χ0) is 5.98. The fourth-order valence-corrected chi connectivity index (χ4v) is 0.696. The van der Waals surface area contributed by atoms with Gasteiger partial charge in [-0.2, -0.15) is 0 Å². The highest BCUT2D eigenvalue weighted by atomic mass is 16.7. The Morgan fingerprint density at radius 1 is 1.75 bits per heavy atom. The molecule has 0 aliphatic carbocycles. The highest BCUT2D eigenvalue weighted by molar-refractivity contribution is 5.72. The minimum Gasteiger partial charge on any atom is -0.273 e. The van der Waals surface area contributed by atoms with Crippen molar-refractivity contribution in [3.63, 3.8) is 0 Å². The minimum atomic E-state index is 0.00231. The number of hydroxylamine groups is 2. The van der Waals surface area contributed by atoms with Crippen molar-refractivity contribution in [3.05, 3.63) is 0 Å². The standard InChI is InChI=1S/C5H9NO2/c1-5(7)6-3-2-4-8-6/h2-4H2,1H3. The molecule has 1 fully saturated rings. The van der Waals surface area contributed by atoms with E-state index in [2.05, 4.69) is 0 Å². The lowest BCUT2D eigenvalue weighted by Crippen LogP contribution is -2.22. The van der Waals surface area contributed by atoms with E-state index in [0.29, 0.717) is 6.61 Å². The maximum atomic E-state index is 10.4. The molecule has 1 saturated heterocycles. The van der Waals surface area contributed by atoms with Gasteiger partial charge in [0, 0.05) is 6.92 Å². The van der Waals surface area contributed by atoms with Crippen molar-refractivity contribution in [2.24, 2.45) is 0 Å². The SMILES string of the molecule is CC(=O)N1CCCO1. The van der Waals surface area contributed by atoms with Crippen LogP contribution in [0.3, 0.4) is 0 Å². The molecule has 0 spiro atoms. The van der Waals surface area contributed by atoms with Crippen LogP contribution in [0.1, 0.15) is 13.3 Å². The molecule has 1 amide bonds. The summed E-state index contributed by atoms with van der Waals surface area (Å²) in [6.45, 7) is 2.96. The van der Waals surface area contributed by atoms with Gasteiger partial charge in [-0.3, -0.25) is 9.63 Å². The molecule has 0 saturated carbocycles. The predicted molar refractivity (Wildman–Crippen MR) is 28.0 cm³/mol. The number of rotatable bonds is 0. The first-order chi connectivity index (χ1) is 3.80. The first-order valence-electron chi connectivity index (χ1n) is 2.72. The molecule has 0 aromatic heterocycles. The van der Waals surface area contributed by atoms with E-state index in [1.807, 2.05) is 0 Å². The van der Waals surface area contributed by atoms with Crippen LogP contribution in [0.2, 0.25) is 0 Å². The third-order valence-electron chi connectivity index (χ3n) is 1.10. The second-order valence-electron chi connectivity index (χ2n) is 1.81. The van der Waals surface area contributed by atoms with Gasteiger partial charge in [0.25, 0.3) is 0 Å². The van der Waals surface area contributed by atoms with Crippen LogP contribution in [0, 0.1) is 0 Å². The highest BCUT2D eigenvalue weighted by Gasteiger charge is 2.13. The largest absolute Gasteiger partial charge is 0.273 e. The van der Waals surface area contributed by atoms with Crippen LogP contribution in [0.15, 0.2) is 0 Å². The topological polar surface area (TPSA) is 29.5 Å². The quantitative estimate of drug-likeness (QED) is 0.450. The van der Waals surface area contributed by atoms with Crippen LogP contribution < -0.4 is 0 Å². The van der Waals surface area contributed by atoms with Gasteiger partial charge in [0.15, 0.2) is 0 Å². The molecule has 46 valence electrons. The number of carbonyl (C=O) groups is 1. The molecule has 0 radical (unpaired) electrons. The van der Waals surface area contributed by atoms with E-state index in [1.54, 1.807) is 0 Å². The number of carbonyl (C=O) groups excluding carboxylic acids is 1. The summed E-state index contributed by atoms with van der Waals surface area (Å²) in [5.41, 5.74) is 0. The Morgan fingerprint density at radius 2 is 2.50 bits per heavy atom. The molecule has 1 heterocycles. The molecule has 0 atom stereocenters. The van der Waals surface area contributed by atoms with Crippen molar-refractivity contribution in [1.82, 2.24) is 5.06 Å². The monoisotopic (exact) mass is 115 g/mol. The molecule has 1 aliphatic rings. The molecular weight excluding hydrogens is 106 g/mol. The molecule has 1 rings (SSSR count). The average molecular weight is 115 g/mol. The van der Waals surface area contributed by atoms with Crippen LogP contribution in [0.5, 0.6) is 0 Å². The summed E-state index contributed by atoms with van der Waals surface area (Å²) in [6, 6.07) is 0.